The molecule has 0 aliphatic heterocycles. The summed E-state index contributed by atoms with van der Waals surface area (Å²) in [6.07, 6.45) is 2.46. The number of carbonyl (C=O) groups excluding carboxylic acids is 1. The lowest BCUT2D eigenvalue weighted by Crippen LogP contribution is -1.96. The Hall–Kier alpha value is -0.760. The van der Waals surface area contributed by atoms with E-state index >= 15 is 0 Å². The van der Waals surface area contributed by atoms with Crippen molar-refractivity contribution in [2.45, 2.75) is 19.8 Å². The van der Waals surface area contributed by atoms with Crippen LogP contribution in [0.4, 0.5) is 0 Å². The molecule has 0 heterocycles. The number of rotatable bonds is 3. The highest BCUT2D eigenvalue weighted by molar-refractivity contribution is 6.25. The van der Waals surface area contributed by atoms with Crippen molar-refractivity contribution in [2.24, 2.45) is 0 Å². The molecule has 0 aromatic carbocycles. The smallest absolute Gasteiger partial charge is 0.310 e. The maximum atomic E-state index is 10.3. The molecule has 0 bridgehead atoms. The van der Waals surface area contributed by atoms with Gasteiger partial charge in [0.15, 0.2) is 0 Å². The van der Waals surface area contributed by atoms with Gasteiger partial charge in [0.05, 0.1) is 6.26 Å². The van der Waals surface area contributed by atoms with Crippen LogP contribution in [0.2, 0.25) is 0 Å². The van der Waals surface area contributed by atoms with Gasteiger partial charge >= 0.3 is 5.97 Å². The van der Waals surface area contributed by atoms with Crippen LogP contribution in [0.3, 0.4) is 0 Å². The van der Waals surface area contributed by atoms with Gasteiger partial charge in [-0.3, -0.25) is 4.79 Å². The number of hydrogen-bond donors (Lipinski definition) is 0. The van der Waals surface area contributed by atoms with E-state index in [1.165, 1.54) is 5.54 Å². The molecule has 0 rings (SSSR count). The van der Waals surface area contributed by atoms with E-state index in [0.29, 0.717) is 6.42 Å². The maximum Gasteiger partial charge on any atom is 0.310 e. The lowest BCUT2D eigenvalue weighted by Gasteiger charge is -1.92. The van der Waals surface area contributed by atoms with Gasteiger partial charge in [-0.1, -0.05) is 31.7 Å². The summed E-state index contributed by atoms with van der Waals surface area (Å²) in [6, 6.07) is 0. The molecule has 0 fully saturated rings. The summed E-state index contributed by atoms with van der Waals surface area (Å²) in [5, 5.41) is 0. The van der Waals surface area contributed by atoms with Crippen LogP contribution < -0.4 is 0 Å². The minimum Gasteiger partial charge on any atom is -0.435 e. The molecule has 0 atom stereocenters. The Morgan fingerprint density at radius 3 is 2.36 bits per heavy atom. The van der Waals surface area contributed by atoms with E-state index in [4.69, 9.17) is 11.6 Å². The fourth-order valence-electron chi connectivity index (χ4n) is 0.356. The second kappa shape index (κ2) is 12.0. The van der Waals surface area contributed by atoms with E-state index < -0.39 is 0 Å². The fraction of sp³-hybridized carbons (Fsp3) is 0.375. The van der Waals surface area contributed by atoms with Crippen molar-refractivity contribution in [3.8, 4) is 0 Å². The van der Waals surface area contributed by atoms with Crippen LogP contribution in [0.5, 0.6) is 0 Å². The molecule has 2 nitrogen and oxygen atoms in total. The first kappa shape index (κ1) is 12.9. The molecule has 0 aliphatic carbocycles. The second-order valence-corrected chi connectivity index (χ2v) is 1.87. The van der Waals surface area contributed by atoms with Crippen molar-refractivity contribution < 1.29 is 9.53 Å². The van der Waals surface area contributed by atoms with E-state index in [2.05, 4.69) is 17.9 Å². The van der Waals surface area contributed by atoms with E-state index in [1.54, 1.807) is 0 Å². The summed E-state index contributed by atoms with van der Waals surface area (Å²) in [5.41, 5.74) is 1.22. The normalized spacial score (nSPS) is 7.09. The molecule has 0 spiro atoms. The number of ether oxygens (including phenoxy) is 1. The van der Waals surface area contributed by atoms with Gasteiger partial charge in [-0.05, 0) is 12.0 Å². The van der Waals surface area contributed by atoms with Gasteiger partial charge in [-0.2, -0.15) is 0 Å². The Morgan fingerprint density at radius 2 is 2.09 bits per heavy atom. The van der Waals surface area contributed by atoms with Crippen molar-refractivity contribution in [2.75, 3.05) is 0 Å². The average Bonchev–Trinajstić information content (AvgIpc) is 1.90. The molecule has 0 saturated heterocycles. The van der Waals surface area contributed by atoms with E-state index in [-0.39, 0.29) is 5.97 Å². The van der Waals surface area contributed by atoms with Gasteiger partial charge < -0.3 is 4.74 Å². The molecule has 0 radical (unpaired) electrons. The fourth-order valence-corrected chi connectivity index (χ4v) is 0.356. The first-order valence-corrected chi connectivity index (χ1v) is 3.68. The summed E-state index contributed by atoms with van der Waals surface area (Å²) < 4.78 is 4.41. The Balaban J connectivity index is 0. The Kier molecular flexibility index (Phi) is 14.0. The lowest BCUT2D eigenvalue weighted by molar-refractivity contribution is -0.137. The van der Waals surface area contributed by atoms with Crippen LogP contribution in [-0.4, -0.2) is 5.97 Å². The third-order valence-corrected chi connectivity index (χ3v) is 0.669. The van der Waals surface area contributed by atoms with Crippen LogP contribution in [-0.2, 0) is 9.53 Å². The summed E-state index contributed by atoms with van der Waals surface area (Å²) >= 11 is 4.76. The van der Waals surface area contributed by atoms with Crippen molar-refractivity contribution in [1.29, 1.82) is 0 Å². The first-order chi connectivity index (χ1) is 5.22. The quantitative estimate of drug-likeness (QED) is 0.488. The molecule has 0 saturated carbocycles. The third-order valence-electron chi connectivity index (χ3n) is 0.669. The molecule has 0 aromatic heterocycles. The van der Waals surface area contributed by atoms with Crippen LogP contribution >= 0.6 is 11.6 Å². The van der Waals surface area contributed by atoms with E-state index in [9.17, 15) is 4.79 Å². The number of esters is 1. The summed E-state index contributed by atoms with van der Waals surface area (Å²) in [7, 11) is 0. The highest BCUT2D eigenvalue weighted by Crippen LogP contribution is 1.89. The zero-order valence-electron chi connectivity index (χ0n) is 6.68. The molecule has 0 unspecified atom stereocenters. The van der Waals surface area contributed by atoms with Crippen molar-refractivity contribution in [3.05, 3.63) is 25.0 Å². The van der Waals surface area contributed by atoms with Gasteiger partial charge in [0, 0.05) is 6.42 Å². The second-order valence-electron chi connectivity index (χ2n) is 1.56. The molecule has 0 N–H and O–H groups in total. The minimum atomic E-state index is -0.206. The SMILES string of the molecule is C=CCl.C=COC(=O)CCC. The molecule has 0 aliphatic rings. The maximum absolute atomic E-state index is 10.3. The molecule has 11 heavy (non-hydrogen) atoms. The molecular weight excluding hydrogens is 164 g/mol. The zero-order chi connectivity index (χ0) is 9.11. The minimum absolute atomic E-state index is 0.206. The number of halogens is 1. The van der Waals surface area contributed by atoms with Crippen molar-refractivity contribution in [3.63, 3.8) is 0 Å². The molecule has 0 aromatic rings. The monoisotopic (exact) mass is 176 g/mol. The number of carbonyl (C=O) groups is 1. The van der Waals surface area contributed by atoms with Crippen molar-refractivity contribution >= 4 is 17.6 Å². The van der Waals surface area contributed by atoms with Gasteiger partial charge in [0.2, 0.25) is 0 Å². The van der Waals surface area contributed by atoms with Crippen LogP contribution in [0.25, 0.3) is 0 Å². The number of hydrogen-bond acceptors (Lipinski definition) is 2. The predicted molar refractivity (Wildman–Crippen MR) is 47.2 cm³/mol. The van der Waals surface area contributed by atoms with Crippen molar-refractivity contribution in [1.82, 2.24) is 0 Å². The summed E-state index contributed by atoms with van der Waals surface area (Å²) in [6.45, 7) is 8.29. The molecule has 64 valence electrons. The topological polar surface area (TPSA) is 26.3 Å². The van der Waals surface area contributed by atoms with Crippen LogP contribution in [0.1, 0.15) is 19.8 Å². The standard InChI is InChI=1S/C6H10O2.C2H3Cl/c1-3-5-6(7)8-4-2;1-2-3/h4H,2-3,5H2,1H3;2H,1H2. The lowest BCUT2D eigenvalue weighted by atomic mass is 10.3. The molecular formula is C8H13ClO2. The third kappa shape index (κ3) is 17.6. The zero-order valence-corrected chi connectivity index (χ0v) is 7.43. The summed E-state index contributed by atoms with van der Waals surface area (Å²) in [4.78, 5) is 10.3. The highest BCUT2D eigenvalue weighted by Gasteiger charge is 1.94. The molecule has 3 heteroatoms. The van der Waals surface area contributed by atoms with Gasteiger partial charge in [0.1, 0.15) is 0 Å². The average molecular weight is 177 g/mol. The largest absolute Gasteiger partial charge is 0.435 e. The Bertz CT molecular complexity index is 121. The van der Waals surface area contributed by atoms with E-state index in [0.717, 1.165) is 12.7 Å². The van der Waals surface area contributed by atoms with E-state index in [1.807, 2.05) is 6.92 Å². The van der Waals surface area contributed by atoms with Crippen LogP contribution in [0, 0.1) is 0 Å². The predicted octanol–water partition coefficient (Wildman–Crippen LogP) is 2.84. The van der Waals surface area contributed by atoms with Gasteiger partial charge in [-0.25, -0.2) is 0 Å². The highest BCUT2D eigenvalue weighted by atomic mass is 35.5. The summed E-state index contributed by atoms with van der Waals surface area (Å²) in [5.74, 6) is -0.206. The van der Waals surface area contributed by atoms with Gasteiger partial charge in [-0.15, -0.1) is 0 Å². The first-order valence-electron chi connectivity index (χ1n) is 3.24. The Morgan fingerprint density at radius 1 is 1.64 bits per heavy atom. The Labute approximate surface area is 72.5 Å². The van der Waals surface area contributed by atoms with Crippen LogP contribution in [0.15, 0.2) is 25.0 Å². The van der Waals surface area contributed by atoms with Gasteiger partial charge in [0.25, 0.3) is 0 Å². The molecule has 0 amide bonds.